The number of ether oxygens (including phenoxy) is 2. The van der Waals surface area contributed by atoms with Gasteiger partial charge in [-0.15, -0.1) is 0 Å². The van der Waals surface area contributed by atoms with E-state index in [-0.39, 0.29) is 29.6 Å². The zero-order valence-electron chi connectivity index (χ0n) is 22.8. The van der Waals surface area contributed by atoms with Gasteiger partial charge in [-0.05, 0) is 54.7 Å². The molecule has 0 bridgehead atoms. The van der Waals surface area contributed by atoms with Gasteiger partial charge in [-0.2, -0.15) is 0 Å². The van der Waals surface area contributed by atoms with Crippen LogP contribution in [0.5, 0.6) is 5.75 Å². The Morgan fingerprint density at radius 3 is 2.22 bits per heavy atom. The number of hydrogen-bond acceptors (Lipinski definition) is 7. The molecule has 41 heavy (non-hydrogen) atoms. The lowest BCUT2D eigenvalue weighted by Crippen LogP contribution is -2.41. The predicted molar refractivity (Wildman–Crippen MR) is 154 cm³/mol. The Morgan fingerprint density at radius 1 is 0.878 bits per heavy atom. The highest BCUT2D eigenvalue weighted by Gasteiger charge is 2.40. The fourth-order valence-corrected chi connectivity index (χ4v) is 6.04. The Hall–Kier alpha value is -3.89. The maximum atomic E-state index is 12.3. The van der Waals surface area contributed by atoms with E-state index in [1.165, 1.54) is 17.7 Å². The summed E-state index contributed by atoms with van der Waals surface area (Å²) in [5, 5.41) is 3.00. The highest BCUT2D eigenvalue weighted by molar-refractivity contribution is 7.90. The van der Waals surface area contributed by atoms with Crippen molar-refractivity contribution in [2.24, 2.45) is 0 Å². The number of piperidine rings is 1. The lowest BCUT2D eigenvalue weighted by atomic mass is 10.1. The normalized spacial score (nSPS) is 19.2. The molecule has 2 aliphatic rings. The second-order valence-electron chi connectivity index (χ2n) is 10.5. The van der Waals surface area contributed by atoms with Crippen LogP contribution in [0.15, 0.2) is 89.8 Å². The Kier molecular flexibility index (Phi) is 9.21. The minimum Gasteiger partial charge on any atom is -0.492 e. The van der Waals surface area contributed by atoms with E-state index in [0.717, 1.165) is 38.9 Å². The topological polar surface area (TPSA) is 114 Å². The van der Waals surface area contributed by atoms with Crippen molar-refractivity contribution in [3.63, 3.8) is 0 Å². The maximum Gasteiger partial charge on any atom is 0.407 e. The monoisotopic (exact) mass is 577 g/mol. The molecule has 3 aromatic rings. The molecule has 0 unspecified atom stereocenters. The van der Waals surface area contributed by atoms with Crippen LogP contribution in [0.1, 0.15) is 36.3 Å². The highest BCUT2D eigenvalue weighted by Crippen LogP contribution is 2.40. The highest BCUT2D eigenvalue weighted by atomic mass is 32.2. The molecule has 0 aromatic heterocycles. The maximum absolute atomic E-state index is 12.3. The van der Waals surface area contributed by atoms with Gasteiger partial charge < -0.3 is 14.8 Å². The van der Waals surface area contributed by atoms with Crippen molar-refractivity contribution in [2.75, 3.05) is 26.2 Å². The summed E-state index contributed by atoms with van der Waals surface area (Å²) in [7, 11) is -3.89. The first kappa shape index (κ1) is 28.6. The van der Waals surface area contributed by atoms with Crippen LogP contribution < -0.4 is 14.8 Å². The van der Waals surface area contributed by atoms with E-state index in [0.29, 0.717) is 23.8 Å². The molecule has 0 spiro atoms. The van der Waals surface area contributed by atoms with Gasteiger partial charge in [0.05, 0.1) is 11.3 Å². The van der Waals surface area contributed by atoms with E-state index in [9.17, 15) is 18.0 Å². The van der Waals surface area contributed by atoms with E-state index < -0.39 is 15.9 Å². The largest absolute Gasteiger partial charge is 0.492 e. The number of sulfonamides is 1. The zero-order chi connectivity index (χ0) is 28.7. The van der Waals surface area contributed by atoms with E-state index in [2.05, 4.69) is 27.1 Å². The Morgan fingerprint density at radius 2 is 1.54 bits per heavy atom. The molecule has 9 nitrogen and oxygen atoms in total. The molecule has 1 saturated heterocycles. The summed E-state index contributed by atoms with van der Waals surface area (Å²) in [6, 6.07) is 25.2. The molecule has 0 radical (unpaired) electrons. The Balaban J connectivity index is 0.959. The van der Waals surface area contributed by atoms with Crippen LogP contribution in [0, 0.1) is 0 Å². The number of carbonyl (C=O) groups is 2. The second-order valence-corrected chi connectivity index (χ2v) is 12.1. The first-order chi connectivity index (χ1) is 19.9. The van der Waals surface area contributed by atoms with Gasteiger partial charge in [0.25, 0.3) is 10.0 Å². The van der Waals surface area contributed by atoms with Gasteiger partial charge in [0.2, 0.25) is 5.91 Å². The van der Waals surface area contributed by atoms with Crippen molar-refractivity contribution in [2.45, 2.75) is 48.6 Å². The minimum absolute atomic E-state index is 0.0464. The van der Waals surface area contributed by atoms with Crippen LogP contribution in [0.25, 0.3) is 0 Å². The molecule has 1 aliphatic carbocycles. The first-order valence-corrected chi connectivity index (χ1v) is 15.4. The van der Waals surface area contributed by atoms with Crippen molar-refractivity contribution in [1.29, 1.82) is 0 Å². The third-order valence-corrected chi connectivity index (χ3v) is 8.78. The fraction of sp³-hybridized carbons (Fsp3) is 0.355. The number of nitrogens with one attached hydrogen (secondary N) is 2. The number of nitrogens with zero attached hydrogens (tertiary/aromatic N) is 1. The van der Waals surface area contributed by atoms with Crippen LogP contribution in [0.3, 0.4) is 0 Å². The summed E-state index contributed by atoms with van der Waals surface area (Å²) in [5.74, 6) is 0.455. The summed E-state index contributed by atoms with van der Waals surface area (Å²) >= 11 is 0. The number of amides is 2. The van der Waals surface area contributed by atoms with Gasteiger partial charge in [0, 0.05) is 31.6 Å². The average Bonchev–Trinajstić information content (AvgIpc) is 3.74. The van der Waals surface area contributed by atoms with Crippen molar-refractivity contribution in [3.8, 4) is 5.75 Å². The number of likely N-dealkylation sites (tertiary alicyclic amines) is 1. The molecule has 2 amide bonds. The van der Waals surface area contributed by atoms with Gasteiger partial charge in [-0.1, -0.05) is 60.7 Å². The van der Waals surface area contributed by atoms with Gasteiger partial charge in [0.1, 0.15) is 18.5 Å². The molecule has 1 saturated carbocycles. The number of carbonyl (C=O) groups excluding carboxylic acids is 2. The summed E-state index contributed by atoms with van der Waals surface area (Å²) in [6.45, 7) is 2.92. The molecule has 10 heteroatoms. The number of hydrogen-bond donors (Lipinski definition) is 2. The molecule has 2 atom stereocenters. The standard InChI is InChI=1S/C31H35N3O6S/c35-30(33-41(37,38)27-9-5-2-6-10-27)21-23-11-13-25(14-12-23)39-20-19-34-17-15-26(16-18-34)40-31(36)32-29-22-28(29)24-7-3-1-4-8-24/h1-14,26,28-29H,15-22H2,(H,32,36)(H,33,35)/t28-,29+/m0/s1. The SMILES string of the molecule is O=C(Cc1ccc(OCCN2CCC(OC(=O)N[C@@H]3C[C@H]3c3ccccc3)CC2)cc1)NS(=O)(=O)c1ccccc1. The van der Waals surface area contributed by atoms with Crippen molar-refractivity contribution >= 4 is 22.0 Å². The van der Waals surface area contributed by atoms with Gasteiger partial charge in [0.15, 0.2) is 0 Å². The molecule has 2 N–H and O–H groups in total. The van der Waals surface area contributed by atoms with Gasteiger partial charge >= 0.3 is 6.09 Å². The quantitative estimate of drug-likeness (QED) is 0.356. The average molecular weight is 578 g/mol. The molecule has 2 fully saturated rings. The first-order valence-electron chi connectivity index (χ1n) is 13.9. The molecule has 216 valence electrons. The van der Waals surface area contributed by atoms with Crippen molar-refractivity contribution in [1.82, 2.24) is 14.9 Å². The molecule has 5 rings (SSSR count). The Labute approximate surface area is 240 Å². The van der Waals surface area contributed by atoms with Crippen LogP contribution in [0.4, 0.5) is 4.79 Å². The summed E-state index contributed by atoms with van der Waals surface area (Å²) in [5.41, 5.74) is 1.94. The summed E-state index contributed by atoms with van der Waals surface area (Å²) < 4.78 is 38.3. The Bertz CT molecular complexity index is 1410. The lowest BCUT2D eigenvalue weighted by Gasteiger charge is -2.31. The minimum atomic E-state index is -3.89. The third kappa shape index (κ3) is 8.31. The van der Waals surface area contributed by atoms with Crippen molar-refractivity contribution in [3.05, 3.63) is 96.1 Å². The van der Waals surface area contributed by atoms with Crippen LogP contribution in [0.2, 0.25) is 0 Å². The lowest BCUT2D eigenvalue weighted by molar-refractivity contribution is -0.118. The van der Waals surface area contributed by atoms with Crippen LogP contribution in [-0.4, -0.2) is 63.7 Å². The van der Waals surface area contributed by atoms with Crippen LogP contribution >= 0.6 is 0 Å². The number of rotatable bonds is 11. The van der Waals surface area contributed by atoms with Gasteiger partial charge in [-0.25, -0.2) is 17.9 Å². The number of benzene rings is 3. The predicted octanol–water partition coefficient (Wildman–Crippen LogP) is 3.86. The second kappa shape index (κ2) is 13.2. The molecular formula is C31H35N3O6S. The van der Waals surface area contributed by atoms with E-state index in [1.54, 1.807) is 42.5 Å². The summed E-state index contributed by atoms with van der Waals surface area (Å²) in [6.07, 6.45) is 2.07. The van der Waals surface area contributed by atoms with E-state index >= 15 is 0 Å². The molecule has 3 aromatic carbocycles. The number of alkyl carbamates (subject to hydrolysis) is 1. The smallest absolute Gasteiger partial charge is 0.407 e. The van der Waals surface area contributed by atoms with Crippen LogP contribution in [-0.2, 0) is 26.0 Å². The van der Waals surface area contributed by atoms with E-state index in [4.69, 9.17) is 9.47 Å². The molecule has 1 aliphatic heterocycles. The fourth-order valence-electron chi connectivity index (χ4n) is 5.04. The molecule has 1 heterocycles. The summed E-state index contributed by atoms with van der Waals surface area (Å²) in [4.78, 5) is 26.9. The van der Waals surface area contributed by atoms with Gasteiger partial charge in [-0.3, -0.25) is 9.69 Å². The zero-order valence-corrected chi connectivity index (χ0v) is 23.6. The van der Waals surface area contributed by atoms with E-state index in [1.807, 2.05) is 18.2 Å². The van der Waals surface area contributed by atoms with Crippen molar-refractivity contribution < 1.29 is 27.5 Å². The third-order valence-electron chi connectivity index (χ3n) is 7.40. The molecular weight excluding hydrogens is 542 g/mol.